The minimum absolute atomic E-state index is 0.00258. The van der Waals surface area contributed by atoms with E-state index in [4.69, 9.17) is 5.73 Å². The maximum atomic E-state index is 12.2. The summed E-state index contributed by atoms with van der Waals surface area (Å²) in [5.41, 5.74) is 14.1. The Morgan fingerprint density at radius 2 is 2.05 bits per heavy atom. The van der Waals surface area contributed by atoms with E-state index in [1.165, 1.54) is 0 Å². The van der Waals surface area contributed by atoms with Crippen LogP contribution in [0.25, 0.3) is 39.1 Å². The molecule has 0 unspecified atom stereocenters. The number of benzene rings is 1. The molecule has 198 valence electrons. The highest BCUT2D eigenvalue weighted by Gasteiger charge is 2.17. The lowest BCUT2D eigenvalue weighted by molar-refractivity contribution is -0.116. The fraction of sp³-hybridized carbons (Fsp3) is 0.200. The van der Waals surface area contributed by atoms with Gasteiger partial charge in [-0.25, -0.2) is 4.98 Å². The van der Waals surface area contributed by atoms with E-state index in [1.54, 1.807) is 18.7 Å². The normalized spacial score (nSPS) is 12.0. The molecule has 5 rings (SSSR count). The number of H-pyrrole nitrogens is 2. The predicted molar refractivity (Wildman–Crippen MR) is 157 cm³/mol. The molecule has 0 saturated heterocycles. The zero-order chi connectivity index (χ0) is 27.4. The minimum atomic E-state index is -0.00258. The van der Waals surface area contributed by atoms with E-state index in [0.717, 1.165) is 63.2 Å². The number of unbranched alkanes of at least 4 members (excludes halogenated alkanes) is 1. The van der Waals surface area contributed by atoms with Crippen LogP contribution in [0.3, 0.4) is 0 Å². The van der Waals surface area contributed by atoms with Gasteiger partial charge in [0, 0.05) is 35.3 Å². The van der Waals surface area contributed by atoms with Crippen molar-refractivity contribution < 1.29 is 4.79 Å². The van der Waals surface area contributed by atoms with Gasteiger partial charge < -0.3 is 20.6 Å². The number of allylic oxidation sites excluding steroid dienone is 3. The van der Waals surface area contributed by atoms with Gasteiger partial charge in [-0.05, 0) is 56.2 Å². The molecule has 0 radical (unpaired) electrons. The summed E-state index contributed by atoms with van der Waals surface area (Å²) in [5, 5.41) is 11.6. The lowest BCUT2D eigenvalue weighted by atomic mass is 10.0. The first-order valence-electron chi connectivity index (χ1n) is 13.0. The number of amides is 1. The average molecular weight is 521 g/mol. The number of carbonyl (C=O) groups excluding carboxylic acids is 1. The second-order valence-electron chi connectivity index (χ2n) is 9.46. The van der Waals surface area contributed by atoms with E-state index >= 15 is 0 Å². The number of carbonyl (C=O) groups is 1. The lowest BCUT2D eigenvalue weighted by Crippen LogP contribution is -2.11. The molecule has 1 aromatic carbocycles. The van der Waals surface area contributed by atoms with E-state index in [1.807, 2.05) is 67.1 Å². The third-order valence-electron chi connectivity index (χ3n) is 6.49. The Balaban J connectivity index is 1.50. The molecule has 39 heavy (non-hydrogen) atoms. The lowest BCUT2D eigenvalue weighted by Gasteiger charge is -2.07. The number of fused-ring (bicyclic) bond motifs is 1. The molecule has 0 aliphatic carbocycles. The molecule has 1 amide bonds. The predicted octanol–water partition coefficient (Wildman–Crippen LogP) is 6.30. The van der Waals surface area contributed by atoms with Crippen molar-refractivity contribution in [2.75, 3.05) is 11.1 Å². The molecular formula is C30H32N8O. The standard InChI is InChI=1S/C30H32N8O/c1-4-6-8-27(38-17-19(3)33-18-38)24-14-26(35-30(24)31)29-23-13-20(10-11-25(23)36-37-29)21-12-22(16-32-15-21)34-28(39)9-7-5-2/h4,6,8,10-18,35H,5,7,9,31H2,1-3H3,(H,34,39)(H,36,37)/b6-4?,27-8+. The number of pyridine rings is 1. The van der Waals surface area contributed by atoms with Crippen molar-refractivity contribution in [2.24, 2.45) is 0 Å². The molecule has 0 saturated carbocycles. The van der Waals surface area contributed by atoms with Crippen LogP contribution in [0.2, 0.25) is 0 Å². The largest absolute Gasteiger partial charge is 0.385 e. The Morgan fingerprint density at radius 1 is 1.18 bits per heavy atom. The molecule has 0 bridgehead atoms. The number of nitrogen functional groups attached to an aromatic ring is 1. The smallest absolute Gasteiger partial charge is 0.224 e. The molecule has 5 aromatic rings. The van der Waals surface area contributed by atoms with Gasteiger partial charge in [0.1, 0.15) is 11.5 Å². The Labute approximate surface area is 226 Å². The van der Waals surface area contributed by atoms with Crippen molar-refractivity contribution in [2.45, 2.75) is 40.0 Å². The first-order chi connectivity index (χ1) is 19.0. The SMILES string of the molecule is CC=C/C=C(\c1cc(-c2n[nH]c3ccc(-c4cncc(NC(=O)CCCC)c4)cc23)[nH]c1N)n1cnc(C)c1. The molecule has 9 nitrogen and oxygen atoms in total. The number of anilines is 2. The molecule has 9 heteroatoms. The highest BCUT2D eigenvalue weighted by Crippen LogP contribution is 2.34. The van der Waals surface area contributed by atoms with Gasteiger partial charge in [0.2, 0.25) is 5.91 Å². The third-order valence-corrected chi connectivity index (χ3v) is 6.49. The number of hydrogen-bond acceptors (Lipinski definition) is 5. The highest BCUT2D eigenvalue weighted by molar-refractivity contribution is 5.97. The summed E-state index contributed by atoms with van der Waals surface area (Å²) in [6.45, 7) is 5.99. The van der Waals surface area contributed by atoms with Gasteiger partial charge in [-0.3, -0.25) is 14.9 Å². The number of aryl methyl sites for hydroxylation is 1. The first-order valence-corrected chi connectivity index (χ1v) is 13.0. The maximum absolute atomic E-state index is 12.2. The quantitative estimate of drug-likeness (QED) is 0.169. The molecule has 0 aliphatic heterocycles. The van der Waals surface area contributed by atoms with Crippen molar-refractivity contribution in [1.29, 1.82) is 0 Å². The van der Waals surface area contributed by atoms with Crippen LogP contribution in [0.5, 0.6) is 0 Å². The molecule has 0 spiro atoms. The van der Waals surface area contributed by atoms with Gasteiger partial charge in [0.15, 0.2) is 0 Å². The number of rotatable bonds is 9. The second kappa shape index (κ2) is 11.2. The summed E-state index contributed by atoms with van der Waals surface area (Å²) in [6, 6.07) is 10.0. The molecule has 4 aromatic heterocycles. The summed E-state index contributed by atoms with van der Waals surface area (Å²) in [4.78, 5) is 24.3. The van der Waals surface area contributed by atoms with Crippen LogP contribution < -0.4 is 11.1 Å². The van der Waals surface area contributed by atoms with Gasteiger partial charge in [-0.1, -0.05) is 31.6 Å². The minimum Gasteiger partial charge on any atom is -0.385 e. The van der Waals surface area contributed by atoms with Crippen molar-refractivity contribution in [1.82, 2.24) is 29.7 Å². The van der Waals surface area contributed by atoms with E-state index in [2.05, 4.69) is 43.5 Å². The number of aromatic nitrogens is 6. The van der Waals surface area contributed by atoms with Gasteiger partial charge in [-0.2, -0.15) is 5.10 Å². The molecule has 4 heterocycles. The summed E-state index contributed by atoms with van der Waals surface area (Å²) in [7, 11) is 0. The number of hydrogen-bond donors (Lipinski definition) is 4. The Bertz CT molecular complexity index is 1680. The fourth-order valence-electron chi connectivity index (χ4n) is 4.49. The number of imidazole rings is 1. The Hall–Kier alpha value is -4.92. The summed E-state index contributed by atoms with van der Waals surface area (Å²) in [6.07, 6.45) is 15.5. The molecule has 0 fully saturated rings. The van der Waals surface area contributed by atoms with E-state index in [0.29, 0.717) is 17.9 Å². The Morgan fingerprint density at radius 3 is 2.82 bits per heavy atom. The number of nitrogens with two attached hydrogens (primary N) is 1. The zero-order valence-electron chi connectivity index (χ0n) is 22.3. The first kappa shape index (κ1) is 25.7. The zero-order valence-corrected chi connectivity index (χ0v) is 22.3. The van der Waals surface area contributed by atoms with Crippen LogP contribution in [0.1, 0.15) is 44.4 Å². The van der Waals surface area contributed by atoms with Crippen LogP contribution >= 0.6 is 0 Å². The van der Waals surface area contributed by atoms with Crippen LogP contribution in [-0.4, -0.2) is 35.6 Å². The molecular weight excluding hydrogens is 488 g/mol. The van der Waals surface area contributed by atoms with Crippen molar-refractivity contribution in [3.05, 3.63) is 84.7 Å². The van der Waals surface area contributed by atoms with Crippen molar-refractivity contribution in [3.63, 3.8) is 0 Å². The van der Waals surface area contributed by atoms with E-state index in [-0.39, 0.29) is 5.91 Å². The summed E-state index contributed by atoms with van der Waals surface area (Å²) < 4.78 is 1.96. The fourth-order valence-corrected chi connectivity index (χ4v) is 4.49. The van der Waals surface area contributed by atoms with Gasteiger partial charge in [-0.15, -0.1) is 0 Å². The number of nitrogens with one attached hydrogen (secondary N) is 3. The maximum Gasteiger partial charge on any atom is 0.224 e. The third kappa shape index (κ3) is 5.52. The van der Waals surface area contributed by atoms with Gasteiger partial charge >= 0.3 is 0 Å². The van der Waals surface area contributed by atoms with Crippen LogP contribution in [-0.2, 0) is 4.79 Å². The monoisotopic (exact) mass is 520 g/mol. The summed E-state index contributed by atoms with van der Waals surface area (Å²) >= 11 is 0. The Kier molecular flexibility index (Phi) is 7.40. The summed E-state index contributed by atoms with van der Waals surface area (Å²) in [5.74, 6) is 0.535. The molecule has 5 N–H and O–H groups in total. The molecule has 0 aliphatic rings. The van der Waals surface area contributed by atoms with Crippen LogP contribution in [0.15, 0.2) is 73.5 Å². The van der Waals surface area contributed by atoms with Crippen LogP contribution in [0, 0.1) is 6.92 Å². The average Bonchev–Trinajstić information content (AvgIpc) is 3.66. The molecule has 0 atom stereocenters. The highest BCUT2D eigenvalue weighted by atomic mass is 16.1. The second-order valence-corrected chi connectivity index (χ2v) is 9.46. The number of aromatic amines is 2. The van der Waals surface area contributed by atoms with Crippen molar-refractivity contribution >= 4 is 34.0 Å². The topological polar surface area (TPSA) is 130 Å². The number of nitrogens with zero attached hydrogens (tertiary/aromatic N) is 4. The van der Waals surface area contributed by atoms with Gasteiger partial charge in [0.05, 0.1) is 40.8 Å². The van der Waals surface area contributed by atoms with Crippen LogP contribution in [0.4, 0.5) is 11.5 Å². The van der Waals surface area contributed by atoms with Crippen molar-refractivity contribution in [3.8, 4) is 22.5 Å². The van der Waals surface area contributed by atoms with E-state index in [9.17, 15) is 4.79 Å². The van der Waals surface area contributed by atoms with E-state index < -0.39 is 0 Å². The van der Waals surface area contributed by atoms with Gasteiger partial charge in [0.25, 0.3) is 0 Å².